The van der Waals surface area contributed by atoms with Crippen molar-refractivity contribution in [2.75, 3.05) is 14.2 Å². The van der Waals surface area contributed by atoms with Crippen molar-refractivity contribution in [1.82, 2.24) is 0 Å². The molecule has 0 atom stereocenters. The third-order valence-electron chi connectivity index (χ3n) is 1.79. The van der Waals surface area contributed by atoms with Gasteiger partial charge in [0.15, 0.2) is 11.6 Å². The Morgan fingerprint density at radius 1 is 1.40 bits per heavy atom. The molecule has 1 aromatic rings. The maximum Gasteiger partial charge on any atom is 0.330 e. The number of ether oxygens (including phenoxy) is 2. The number of hydrogen-bond donors (Lipinski definition) is 0. The standard InChI is InChI=1S/C11H11FO3/c1-14-10-5-3-8(7-9(10)12)4-6-11(13)15-2/h3-7H,1-2H3/b6-4+. The van der Waals surface area contributed by atoms with Gasteiger partial charge in [0.2, 0.25) is 0 Å². The van der Waals surface area contributed by atoms with Gasteiger partial charge in [0.1, 0.15) is 0 Å². The Labute approximate surface area is 87.1 Å². The van der Waals surface area contributed by atoms with Crippen LogP contribution in [0.2, 0.25) is 0 Å². The van der Waals surface area contributed by atoms with Crippen LogP contribution in [0.1, 0.15) is 5.56 Å². The van der Waals surface area contributed by atoms with Gasteiger partial charge in [-0.1, -0.05) is 6.07 Å². The van der Waals surface area contributed by atoms with Gasteiger partial charge in [-0.3, -0.25) is 0 Å². The molecule has 15 heavy (non-hydrogen) atoms. The summed E-state index contributed by atoms with van der Waals surface area (Å²) in [5, 5.41) is 0. The van der Waals surface area contributed by atoms with E-state index in [0.717, 1.165) is 0 Å². The average molecular weight is 210 g/mol. The highest BCUT2D eigenvalue weighted by molar-refractivity contribution is 5.86. The predicted octanol–water partition coefficient (Wildman–Crippen LogP) is 2.02. The Morgan fingerprint density at radius 2 is 2.13 bits per heavy atom. The zero-order valence-electron chi connectivity index (χ0n) is 8.49. The minimum atomic E-state index is -0.480. The number of methoxy groups -OCH3 is 2. The number of carbonyl (C=O) groups is 1. The van der Waals surface area contributed by atoms with Gasteiger partial charge in [0.25, 0.3) is 0 Å². The van der Waals surface area contributed by atoms with E-state index in [0.29, 0.717) is 5.56 Å². The van der Waals surface area contributed by atoms with Crippen molar-refractivity contribution in [1.29, 1.82) is 0 Å². The van der Waals surface area contributed by atoms with Crippen molar-refractivity contribution < 1.29 is 18.7 Å². The molecule has 80 valence electrons. The van der Waals surface area contributed by atoms with Gasteiger partial charge in [-0.25, -0.2) is 9.18 Å². The van der Waals surface area contributed by atoms with E-state index >= 15 is 0 Å². The third-order valence-corrected chi connectivity index (χ3v) is 1.79. The van der Waals surface area contributed by atoms with Crippen molar-refractivity contribution in [3.8, 4) is 5.75 Å². The van der Waals surface area contributed by atoms with E-state index in [4.69, 9.17) is 4.74 Å². The van der Waals surface area contributed by atoms with Crippen LogP contribution < -0.4 is 4.74 Å². The molecule has 0 radical (unpaired) electrons. The minimum absolute atomic E-state index is 0.171. The zero-order chi connectivity index (χ0) is 11.3. The topological polar surface area (TPSA) is 35.5 Å². The van der Waals surface area contributed by atoms with Crippen LogP contribution in [-0.4, -0.2) is 20.2 Å². The first-order valence-electron chi connectivity index (χ1n) is 4.27. The van der Waals surface area contributed by atoms with Crippen LogP contribution in [0.3, 0.4) is 0 Å². The quantitative estimate of drug-likeness (QED) is 0.565. The lowest BCUT2D eigenvalue weighted by Gasteiger charge is -2.01. The molecule has 0 aliphatic rings. The minimum Gasteiger partial charge on any atom is -0.494 e. The third kappa shape index (κ3) is 3.09. The maximum atomic E-state index is 13.2. The van der Waals surface area contributed by atoms with E-state index < -0.39 is 11.8 Å². The Balaban J connectivity index is 2.84. The molecule has 0 fully saturated rings. The normalized spacial score (nSPS) is 10.3. The van der Waals surface area contributed by atoms with E-state index in [1.54, 1.807) is 6.07 Å². The predicted molar refractivity (Wildman–Crippen MR) is 54.0 cm³/mol. The van der Waals surface area contributed by atoms with Gasteiger partial charge in [0, 0.05) is 6.08 Å². The summed E-state index contributed by atoms with van der Waals surface area (Å²) in [5.74, 6) is -0.777. The van der Waals surface area contributed by atoms with E-state index in [9.17, 15) is 9.18 Å². The number of benzene rings is 1. The molecule has 0 N–H and O–H groups in total. The van der Waals surface area contributed by atoms with E-state index in [-0.39, 0.29) is 5.75 Å². The Bertz CT molecular complexity index is 385. The molecule has 4 heteroatoms. The molecule has 1 rings (SSSR count). The van der Waals surface area contributed by atoms with Crippen LogP contribution in [0.15, 0.2) is 24.3 Å². The average Bonchev–Trinajstić information content (AvgIpc) is 2.26. The monoisotopic (exact) mass is 210 g/mol. The number of esters is 1. The smallest absolute Gasteiger partial charge is 0.330 e. The SMILES string of the molecule is COC(=O)/C=C/c1ccc(OC)c(F)c1. The molecule has 0 aliphatic carbocycles. The zero-order valence-corrected chi connectivity index (χ0v) is 8.49. The molecule has 0 spiro atoms. The second-order valence-corrected chi connectivity index (χ2v) is 2.75. The lowest BCUT2D eigenvalue weighted by atomic mass is 10.2. The molecule has 0 unspecified atom stereocenters. The maximum absolute atomic E-state index is 13.2. The summed E-state index contributed by atoms with van der Waals surface area (Å²) in [6.07, 6.45) is 2.69. The highest BCUT2D eigenvalue weighted by atomic mass is 19.1. The van der Waals surface area contributed by atoms with Crippen LogP contribution in [0, 0.1) is 5.82 Å². The van der Waals surface area contributed by atoms with Gasteiger partial charge < -0.3 is 9.47 Å². The molecule has 3 nitrogen and oxygen atoms in total. The second kappa shape index (κ2) is 5.14. The molecule has 0 aromatic heterocycles. The fourth-order valence-corrected chi connectivity index (χ4v) is 1.02. The molecule has 0 amide bonds. The fourth-order valence-electron chi connectivity index (χ4n) is 1.02. The Morgan fingerprint density at radius 3 is 2.67 bits per heavy atom. The van der Waals surface area contributed by atoms with E-state index in [1.807, 2.05) is 0 Å². The Hall–Kier alpha value is -1.84. The first kappa shape index (κ1) is 11.2. The second-order valence-electron chi connectivity index (χ2n) is 2.75. The van der Waals surface area contributed by atoms with E-state index in [2.05, 4.69) is 4.74 Å². The molecular weight excluding hydrogens is 199 g/mol. The van der Waals surface area contributed by atoms with Crippen LogP contribution in [-0.2, 0) is 9.53 Å². The fraction of sp³-hybridized carbons (Fsp3) is 0.182. The van der Waals surface area contributed by atoms with Crippen LogP contribution in [0.4, 0.5) is 4.39 Å². The summed E-state index contributed by atoms with van der Waals surface area (Å²) in [7, 11) is 2.67. The van der Waals surface area contributed by atoms with Crippen LogP contribution in [0.25, 0.3) is 6.08 Å². The molecule has 0 heterocycles. The molecule has 0 bridgehead atoms. The van der Waals surface area contributed by atoms with Gasteiger partial charge >= 0.3 is 5.97 Å². The van der Waals surface area contributed by atoms with Crippen molar-refractivity contribution in [2.45, 2.75) is 0 Å². The van der Waals surface area contributed by atoms with Gasteiger partial charge in [-0.2, -0.15) is 0 Å². The van der Waals surface area contributed by atoms with Crippen molar-refractivity contribution in [2.24, 2.45) is 0 Å². The van der Waals surface area contributed by atoms with Crippen LogP contribution >= 0.6 is 0 Å². The number of halogens is 1. The summed E-state index contributed by atoms with van der Waals surface area (Å²) in [6.45, 7) is 0. The first-order valence-corrected chi connectivity index (χ1v) is 4.27. The number of carbonyl (C=O) groups excluding carboxylic acids is 1. The summed E-state index contributed by atoms with van der Waals surface area (Å²) in [5.41, 5.74) is 0.568. The molecule has 0 saturated heterocycles. The molecule has 0 saturated carbocycles. The highest BCUT2D eigenvalue weighted by Gasteiger charge is 2.01. The summed E-state index contributed by atoms with van der Waals surface area (Å²) in [4.78, 5) is 10.8. The van der Waals surface area contributed by atoms with Gasteiger partial charge in [-0.15, -0.1) is 0 Å². The van der Waals surface area contributed by atoms with Crippen molar-refractivity contribution >= 4 is 12.0 Å². The van der Waals surface area contributed by atoms with Crippen molar-refractivity contribution in [3.05, 3.63) is 35.7 Å². The van der Waals surface area contributed by atoms with E-state index in [1.165, 1.54) is 38.5 Å². The summed E-state index contributed by atoms with van der Waals surface area (Å²) < 4.78 is 22.3. The lowest BCUT2D eigenvalue weighted by molar-refractivity contribution is -0.134. The van der Waals surface area contributed by atoms with Gasteiger partial charge in [-0.05, 0) is 23.8 Å². The largest absolute Gasteiger partial charge is 0.494 e. The van der Waals surface area contributed by atoms with Crippen molar-refractivity contribution in [3.63, 3.8) is 0 Å². The lowest BCUT2D eigenvalue weighted by Crippen LogP contribution is -1.93. The van der Waals surface area contributed by atoms with Gasteiger partial charge in [0.05, 0.1) is 14.2 Å². The highest BCUT2D eigenvalue weighted by Crippen LogP contribution is 2.18. The molecule has 0 aliphatic heterocycles. The first-order chi connectivity index (χ1) is 7.17. The summed E-state index contributed by atoms with van der Waals surface area (Å²) in [6, 6.07) is 4.41. The Kier molecular flexibility index (Phi) is 3.85. The summed E-state index contributed by atoms with van der Waals surface area (Å²) >= 11 is 0. The molecular formula is C11H11FO3. The number of rotatable bonds is 3. The van der Waals surface area contributed by atoms with Crippen LogP contribution in [0.5, 0.6) is 5.75 Å². The number of hydrogen-bond acceptors (Lipinski definition) is 3. The molecule has 1 aromatic carbocycles.